The molecule has 2 rings (SSSR count). The normalized spacial score (nSPS) is 12.4. The zero-order valence-electron chi connectivity index (χ0n) is 12.2. The molecule has 0 saturated heterocycles. The monoisotopic (exact) mass is 293 g/mol. The second kappa shape index (κ2) is 6.17. The summed E-state index contributed by atoms with van der Waals surface area (Å²) in [6.45, 7) is 8.13. The summed E-state index contributed by atoms with van der Waals surface area (Å²) >= 11 is 1.47. The Morgan fingerprint density at radius 2 is 2.25 bits per heavy atom. The summed E-state index contributed by atoms with van der Waals surface area (Å²) in [4.78, 5) is 21.8. The molecular weight excluding hydrogens is 274 g/mol. The van der Waals surface area contributed by atoms with Crippen molar-refractivity contribution >= 4 is 33.3 Å². The van der Waals surface area contributed by atoms with Gasteiger partial charge in [0.05, 0.1) is 23.5 Å². The van der Waals surface area contributed by atoms with Crippen LogP contribution in [-0.2, 0) is 4.74 Å². The summed E-state index contributed by atoms with van der Waals surface area (Å²) in [5, 5.41) is 3.37. The second-order valence-corrected chi connectivity index (χ2v) is 5.46. The van der Waals surface area contributed by atoms with Crippen molar-refractivity contribution in [2.24, 2.45) is 0 Å². The number of aromatic nitrogens is 2. The molecular formula is C14H19N3O2S. The largest absolute Gasteiger partial charge is 0.462 e. The zero-order chi connectivity index (χ0) is 14.7. The van der Waals surface area contributed by atoms with Crippen LogP contribution in [0.5, 0.6) is 0 Å². The molecule has 6 heteroatoms. The molecule has 0 bridgehead atoms. The lowest BCUT2D eigenvalue weighted by Crippen LogP contribution is -2.19. The number of nitrogens with zero attached hydrogens (tertiary/aromatic N) is 2. The van der Waals surface area contributed by atoms with Crippen molar-refractivity contribution in [2.45, 2.75) is 40.2 Å². The van der Waals surface area contributed by atoms with Crippen LogP contribution < -0.4 is 5.32 Å². The molecule has 2 aromatic heterocycles. The van der Waals surface area contributed by atoms with Crippen LogP contribution in [0, 0.1) is 6.92 Å². The van der Waals surface area contributed by atoms with E-state index in [-0.39, 0.29) is 12.0 Å². The summed E-state index contributed by atoms with van der Waals surface area (Å²) in [5.74, 6) is -0.349. The first-order valence-electron chi connectivity index (χ1n) is 6.75. The van der Waals surface area contributed by atoms with Crippen molar-refractivity contribution < 1.29 is 9.53 Å². The molecule has 0 radical (unpaired) electrons. The fourth-order valence-corrected chi connectivity index (χ4v) is 2.65. The fourth-order valence-electron chi connectivity index (χ4n) is 1.94. The number of carbonyl (C=O) groups excluding carboxylic acids is 1. The Labute approximate surface area is 122 Å². The smallest absolute Gasteiger partial charge is 0.342 e. The van der Waals surface area contributed by atoms with Gasteiger partial charge in [0, 0.05) is 6.04 Å². The number of esters is 1. The second-order valence-electron chi connectivity index (χ2n) is 4.63. The minimum Gasteiger partial charge on any atom is -0.462 e. The number of fused-ring (bicyclic) bond motifs is 1. The van der Waals surface area contributed by atoms with Crippen molar-refractivity contribution in [3.8, 4) is 0 Å². The van der Waals surface area contributed by atoms with Crippen LogP contribution in [0.25, 0.3) is 10.3 Å². The van der Waals surface area contributed by atoms with Crippen molar-refractivity contribution in [2.75, 3.05) is 11.9 Å². The number of hydrogen-bond acceptors (Lipinski definition) is 6. The number of anilines is 1. The number of pyridine rings is 1. The molecule has 0 aromatic carbocycles. The van der Waals surface area contributed by atoms with Gasteiger partial charge in [-0.05, 0) is 27.2 Å². The number of carbonyl (C=O) groups is 1. The maximum atomic E-state index is 12.2. The Morgan fingerprint density at radius 3 is 2.90 bits per heavy atom. The molecule has 1 atom stereocenters. The molecule has 2 aromatic rings. The SMILES string of the molecule is CCOC(=O)c1c(C)nc2scnc2c1NC(C)CC. The van der Waals surface area contributed by atoms with Gasteiger partial charge in [0.15, 0.2) is 0 Å². The van der Waals surface area contributed by atoms with Crippen molar-refractivity contribution in [1.29, 1.82) is 0 Å². The van der Waals surface area contributed by atoms with E-state index >= 15 is 0 Å². The zero-order valence-corrected chi connectivity index (χ0v) is 13.0. The molecule has 0 amide bonds. The lowest BCUT2D eigenvalue weighted by molar-refractivity contribution is 0.0526. The minimum absolute atomic E-state index is 0.245. The standard InChI is InChI=1S/C14H19N3O2S/c1-5-8(3)16-11-10(14(18)19-6-2)9(4)17-13-12(11)15-7-20-13/h7-8H,5-6H2,1-4H3,(H,16,17). The number of ether oxygens (including phenoxy) is 1. The van der Waals surface area contributed by atoms with Crippen LogP contribution in [0.15, 0.2) is 5.51 Å². The summed E-state index contributed by atoms with van der Waals surface area (Å²) in [5.41, 5.74) is 4.38. The molecule has 0 aliphatic carbocycles. The van der Waals surface area contributed by atoms with Crippen molar-refractivity contribution in [3.63, 3.8) is 0 Å². The molecule has 108 valence electrons. The first-order valence-corrected chi connectivity index (χ1v) is 7.63. The van der Waals surface area contributed by atoms with E-state index in [1.165, 1.54) is 11.3 Å². The summed E-state index contributed by atoms with van der Waals surface area (Å²) < 4.78 is 5.15. The third-order valence-corrected chi connectivity index (χ3v) is 3.87. The molecule has 0 spiro atoms. The Balaban J connectivity index is 2.60. The Kier molecular flexibility index (Phi) is 4.54. The van der Waals surface area contributed by atoms with Crippen LogP contribution in [0.4, 0.5) is 5.69 Å². The van der Waals surface area contributed by atoms with E-state index in [0.29, 0.717) is 17.9 Å². The highest BCUT2D eigenvalue weighted by atomic mass is 32.1. The number of rotatable bonds is 5. The van der Waals surface area contributed by atoms with E-state index in [4.69, 9.17) is 4.74 Å². The minimum atomic E-state index is -0.349. The van der Waals surface area contributed by atoms with E-state index in [0.717, 1.165) is 22.5 Å². The Hall–Kier alpha value is -1.69. The van der Waals surface area contributed by atoms with E-state index in [2.05, 4.69) is 29.1 Å². The lowest BCUT2D eigenvalue weighted by atomic mass is 10.1. The highest BCUT2D eigenvalue weighted by molar-refractivity contribution is 7.16. The number of aryl methyl sites for hydroxylation is 1. The highest BCUT2D eigenvalue weighted by Crippen LogP contribution is 2.31. The predicted octanol–water partition coefficient (Wildman–Crippen LogP) is 3.39. The van der Waals surface area contributed by atoms with Crippen molar-refractivity contribution in [3.05, 3.63) is 16.8 Å². The fraction of sp³-hybridized carbons (Fsp3) is 0.500. The van der Waals surface area contributed by atoms with Gasteiger partial charge in [-0.1, -0.05) is 6.92 Å². The first kappa shape index (κ1) is 14.7. The first-order chi connectivity index (χ1) is 9.58. The summed E-state index contributed by atoms with van der Waals surface area (Å²) in [6.07, 6.45) is 0.954. The van der Waals surface area contributed by atoms with E-state index < -0.39 is 0 Å². The van der Waals surface area contributed by atoms with Gasteiger partial charge in [0.1, 0.15) is 15.9 Å². The van der Waals surface area contributed by atoms with Crippen LogP contribution in [-0.4, -0.2) is 28.6 Å². The van der Waals surface area contributed by atoms with Gasteiger partial charge in [-0.2, -0.15) is 0 Å². The maximum absolute atomic E-state index is 12.2. The van der Waals surface area contributed by atoms with Gasteiger partial charge in [-0.3, -0.25) is 0 Å². The van der Waals surface area contributed by atoms with Crippen LogP contribution in [0.2, 0.25) is 0 Å². The predicted molar refractivity (Wildman–Crippen MR) is 81.5 cm³/mol. The molecule has 2 heterocycles. The third kappa shape index (κ3) is 2.75. The topological polar surface area (TPSA) is 64.1 Å². The Bertz CT molecular complexity index is 624. The molecule has 0 fully saturated rings. The number of nitrogens with one attached hydrogen (secondary N) is 1. The summed E-state index contributed by atoms with van der Waals surface area (Å²) in [6, 6.07) is 0.245. The molecule has 0 saturated carbocycles. The van der Waals surface area contributed by atoms with Crippen LogP contribution >= 0.6 is 11.3 Å². The van der Waals surface area contributed by atoms with E-state index in [1.54, 1.807) is 12.4 Å². The Morgan fingerprint density at radius 1 is 1.50 bits per heavy atom. The maximum Gasteiger partial charge on any atom is 0.342 e. The molecule has 0 aliphatic rings. The summed E-state index contributed by atoms with van der Waals surface area (Å²) in [7, 11) is 0. The van der Waals surface area contributed by atoms with Gasteiger partial charge in [-0.15, -0.1) is 11.3 Å². The van der Waals surface area contributed by atoms with Gasteiger partial charge >= 0.3 is 5.97 Å². The van der Waals surface area contributed by atoms with Gasteiger partial charge in [0.2, 0.25) is 0 Å². The molecule has 20 heavy (non-hydrogen) atoms. The quantitative estimate of drug-likeness (QED) is 0.856. The van der Waals surface area contributed by atoms with Gasteiger partial charge < -0.3 is 10.1 Å². The van der Waals surface area contributed by atoms with E-state index in [1.807, 2.05) is 6.92 Å². The molecule has 1 N–H and O–H groups in total. The van der Waals surface area contributed by atoms with Gasteiger partial charge in [0.25, 0.3) is 0 Å². The number of hydrogen-bond donors (Lipinski definition) is 1. The highest BCUT2D eigenvalue weighted by Gasteiger charge is 2.22. The lowest BCUT2D eigenvalue weighted by Gasteiger charge is -2.17. The molecule has 0 aliphatic heterocycles. The molecule has 1 unspecified atom stereocenters. The number of thiazole rings is 1. The third-order valence-electron chi connectivity index (χ3n) is 3.15. The van der Waals surface area contributed by atoms with Crippen LogP contribution in [0.3, 0.4) is 0 Å². The van der Waals surface area contributed by atoms with Crippen molar-refractivity contribution in [1.82, 2.24) is 9.97 Å². The van der Waals surface area contributed by atoms with Crippen LogP contribution in [0.1, 0.15) is 43.2 Å². The van der Waals surface area contributed by atoms with Gasteiger partial charge in [-0.25, -0.2) is 14.8 Å². The molecule has 5 nitrogen and oxygen atoms in total. The van der Waals surface area contributed by atoms with E-state index in [9.17, 15) is 4.79 Å². The average Bonchev–Trinajstić information content (AvgIpc) is 2.86. The average molecular weight is 293 g/mol.